The molecule has 2 unspecified atom stereocenters. The first-order valence-corrected chi connectivity index (χ1v) is 6.52. The van der Waals surface area contributed by atoms with Crippen LogP contribution in [0.25, 0.3) is 0 Å². The van der Waals surface area contributed by atoms with Crippen molar-refractivity contribution >= 4 is 48.4 Å². The summed E-state index contributed by atoms with van der Waals surface area (Å²) < 4.78 is 25.7. The van der Waals surface area contributed by atoms with Crippen LogP contribution in [0.1, 0.15) is 10.4 Å². The Morgan fingerprint density at radius 3 is 2.60 bits per heavy atom. The summed E-state index contributed by atoms with van der Waals surface area (Å²) in [6.45, 7) is 0. The summed E-state index contributed by atoms with van der Waals surface area (Å²) in [4.78, 5) is 11.3. The Morgan fingerprint density at radius 1 is 1.60 bits per heavy atom. The summed E-state index contributed by atoms with van der Waals surface area (Å²) in [5, 5.41) is 0. The maximum absolute atomic E-state index is 11.2. The second-order valence-corrected chi connectivity index (χ2v) is 5.22. The van der Waals surface area contributed by atoms with Crippen LogP contribution in [-0.4, -0.2) is 21.4 Å². The van der Waals surface area contributed by atoms with E-state index >= 15 is 0 Å². The second kappa shape index (κ2) is 5.34. The van der Waals surface area contributed by atoms with E-state index in [1.807, 2.05) is 31.8 Å². The van der Waals surface area contributed by atoms with Crippen molar-refractivity contribution in [3.05, 3.63) is 21.3 Å². The van der Waals surface area contributed by atoms with Gasteiger partial charge in [0.1, 0.15) is 5.75 Å². The molecule has 1 aromatic rings. The molecule has 0 amide bonds. The molecule has 0 heterocycles. The van der Waals surface area contributed by atoms with E-state index in [1.165, 1.54) is 19.2 Å². The summed E-state index contributed by atoms with van der Waals surface area (Å²) in [5.41, 5.74) is -0.166. The number of carbonyl (C=O) groups excluding carboxylic acids is 1. The lowest BCUT2D eigenvalue weighted by Gasteiger charge is -2.08. The van der Waals surface area contributed by atoms with E-state index in [1.54, 1.807) is 0 Å². The van der Waals surface area contributed by atoms with Crippen molar-refractivity contribution in [1.29, 1.82) is 0 Å². The topological polar surface area (TPSA) is 63.6 Å². The third kappa shape index (κ3) is 2.96. The fraction of sp³-hybridized carbons (Fsp3) is 0.125. The average Bonchev–Trinajstić information content (AvgIpc) is 2.16. The molecule has 2 atom stereocenters. The van der Waals surface area contributed by atoms with E-state index in [0.29, 0.717) is 9.32 Å². The zero-order valence-corrected chi connectivity index (χ0v) is 11.8. The molecule has 0 saturated carbocycles. The van der Waals surface area contributed by atoms with E-state index < -0.39 is 11.1 Å². The summed E-state index contributed by atoms with van der Waals surface area (Å²) in [6.07, 6.45) is 0. The van der Waals surface area contributed by atoms with E-state index in [4.69, 9.17) is 9.29 Å². The summed E-state index contributed by atoms with van der Waals surface area (Å²) in [6, 6.07) is 2.92. The van der Waals surface area contributed by atoms with Gasteiger partial charge in [0.05, 0.1) is 15.6 Å². The first-order chi connectivity index (χ1) is 6.97. The van der Waals surface area contributed by atoms with Crippen molar-refractivity contribution in [2.75, 3.05) is 7.11 Å². The van der Waals surface area contributed by atoms with Crippen molar-refractivity contribution in [3.8, 4) is 5.75 Å². The van der Waals surface area contributed by atoms with Crippen molar-refractivity contribution < 1.29 is 18.3 Å². The van der Waals surface area contributed by atoms with Crippen LogP contribution in [0, 0.1) is 3.57 Å². The fourth-order valence-corrected chi connectivity index (χ4v) is 2.84. The molecule has 1 N–H and O–H groups in total. The predicted molar refractivity (Wildman–Crippen MR) is 68.8 cm³/mol. The maximum Gasteiger partial charge on any atom is 0.187 e. The Bertz CT molecular complexity index is 435. The van der Waals surface area contributed by atoms with Crippen LogP contribution in [0.15, 0.2) is 17.0 Å². The van der Waals surface area contributed by atoms with Crippen molar-refractivity contribution in [3.63, 3.8) is 0 Å². The zero-order chi connectivity index (χ0) is 11.6. The largest absolute Gasteiger partial charge is 0.496 e. The Kier molecular flexibility index (Phi) is 4.64. The highest BCUT2D eigenvalue weighted by molar-refractivity contribution is 14.1. The minimum atomic E-state index is -2.18. The minimum absolute atomic E-state index is 0.0974. The lowest BCUT2D eigenvalue weighted by molar-refractivity contribution is 0.108. The van der Waals surface area contributed by atoms with Crippen LogP contribution in [0.4, 0.5) is 0 Å². The van der Waals surface area contributed by atoms with Gasteiger partial charge in [-0.05, 0) is 34.7 Å². The van der Waals surface area contributed by atoms with Gasteiger partial charge in [-0.25, -0.2) is 4.21 Å². The van der Waals surface area contributed by atoms with Crippen LogP contribution in [0.5, 0.6) is 5.75 Å². The summed E-state index contributed by atoms with van der Waals surface area (Å²) >= 11 is -0.205. The number of halogens is 1. The first-order valence-electron chi connectivity index (χ1n) is 3.75. The zero-order valence-electron chi connectivity index (χ0n) is 7.69. The monoisotopic (exact) mass is 358 g/mol. The second-order valence-electron chi connectivity index (χ2n) is 2.60. The average molecular weight is 358 g/mol. The Hall–Kier alpha value is -0.0400. The van der Waals surface area contributed by atoms with Crippen molar-refractivity contribution in [2.45, 2.75) is 4.90 Å². The van der Waals surface area contributed by atoms with Crippen LogP contribution in [0.3, 0.4) is 0 Å². The molecule has 4 nitrogen and oxygen atoms in total. The molecule has 0 bridgehead atoms. The first kappa shape index (κ1) is 13.0. The number of methoxy groups -OCH3 is 1. The number of ether oxygens (including phenoxy) is 1. The molecule has 15 heavy (non-hydrogen) atoms. The maximum atomic E-state index is 11.2. The molecular weight excluding hydrogens is 350 g/mol. The van der Waals surface area contributed by atoms with Gasteiger partial charge in [0, 0.05) is 5.56 Å². The van der Waals surface area contributed by atoms with E-state index in [2.05, 4.69) is 0 Å². The van der Waals surface area contributed by atoms with Gasteiger partial charge in [-0.1, -0.05) is 9.24 Å². The molecule has 7 heteroatoms. The van der Waals surface area contributed by atoms with Gasteiger partial charge in [0.15, 0.2) is 16.6 Å². The lowest BCUT2D eigenvalue weighted by atomic mass is 10.2. The third-order valence-corrected chi connectivity index (χ3v) is 3.58. The highest BCUT2D eigenvalue weighted by Gasteiger charge is 2.15. The third-order valence-electron chi connectivity index (χ3n) is 1.71. The van der Waals surface area contributed by atoms with Gasteiger partial charge >= 0.3 is 0 Å². The molecule has 1 aromatic carbocycles. The molecular formula is C8H8IO4PS. The number of hydrogen-bond donors (Lipinski definition) is 1. The molecule has 0 saturated heterocycles. The quantitative estimate of drug-likeness (QED) is 0.509. The lowest BCUT2D eigenvalue weighted by Crippen LogP contribution is -2.01. The van der Waals surface area contributed by atoms with E-state index in [9.17, 15) is 9.00 Å². The molecule has 0 aliphatic rings. The Morgan fingerprint density at radius 2 is 2.20 bits per heavy atom. The SMILES string of the molecule is COc1cc(C(=O)P)c(S(=O)O)cc1I. The van der Waals surface area contributed by atoms with Crippen LogP contribution < -0.4 is 4.74 Å². The van der Waals surface area contributed by atoms with E-state index in [0.717, 1.165) is 0 Å². The van der Waals surface area contributed by atoms with Crippen molar-refractivity contribution in [2.24, 2.45) is 0 Å². The van der Waals surface area contributed by atoms with Gasteiger partial charge in [-0.3, -0.25) is 4.79 Å². The van der Waals surface area contributed by atoms with Gasteiger partial charge in [-0.2, -0.15) is 0 Å². The van der Waals surface area contributed by atoms with Crippen LogP contribution in [0.2, 0.25) is 0 Å². The summed E-state index contributed by atoms with van der Waals surface area (Å²) in [7, 11) is 3.44. The van der Waals surface area contributed by atoms with Crippen LogP contribution in [-0.2, 0) is 11.1 Å². The van der Waals surface area contributed by atoms with Gasteiger partial charge < -0.3 is 9.29 Å². The molecule has 0 radical (unpaired) electrons. The smallest absolute Gasteiger partial charge is 0.187 e. The highest BCUT2D eigenvalue weighted by atomic mass is 127. The molecule has 0 fully saturated rings. The van der Waals surface area contributed by atoms with Gasteiger partial charge in [0.25, 0.3) is 0 Å². The molecule has 0 aliphatic carbocycles. The molecule has 82 valence electrons. The standard InChI is InChI=1S/C8H8IO4PS/c1-13-6-2-4(8(10)14)7(15(11)12)3-5(6)9/h2-3H,14H2,1H3,(H,11,12). The summed E-state index contributed by atoms with van der Waals surface area (Å²) in [5.74, 6) is 0.510. The van der Waals surface area contributed by atoms with Gasteiger partial charge in [-0.15, -0.1) is 0 Å². The fourth-order valence-electron chi connectivity index (χ4n) is 1.03. The van der Waals surface area contributed by atoms with Crippen molar-refractivity contribution in [1.82, 2.24) is 0 Å². The Labute approximate surface area is 105 Å². The molecule has 0 aromatic heterocycles. The number of rotatable bonds is 3. The highest BCUT2D eigenvalue weighted by Crippen LogP contribution is 2.28. The molecule has 1 rings (SSSR count). The van der Waals surface area contributed by atoms with Gasteiger partial charge in [0.2, 0.25) is 0 Å². The number of hydrogen-bond acceptors (Lipinski definition) is 3. The Balaban J connectivity index is 3.45. The molecule has 0 aliphatic heterocycles. The van der Waals surface area contributed by atoms with Crippen LogP contribution >= 0.6 is 31.8 Å². The predicted octanol–water partition coefficient (Wildman–Crippen LogP) is 1.90. The minimum Gasteiger partial charge on any atom is -0.496 e. The normalized spacial score (nSPS) is 12.3. The van der Waals surface area contributed by atoms with E-state index in [-0.39, 0.29) is 16.0 Å². The molecule has 0 spiro atoms. The number of benzene rings is 1. The number of carbonyl (C=O) groups is 1.